The summed E-state index contributed by atoms with van der Waals surface area (Å²) in [6.07, 6.45) is 3.42. The summed E-state index contributed by atoms with van der Waals surface area (Å²) in [7, 11) is 0. The largest absolute Gasteiger partial charge is 0.477 e. The maximum absolute atomic E-state index is 13.2. The Balaban J connectivity index is 1.91. The first-order chi connectivity index (χ1) is 14.6. The zero-order valence-electron chi connectivity index (χ0n) is 15.6. The second-order valence-electron chi connectivity index (χ2n) is 6.38. The average molecular weight is 394 g/mol. The molecule has 0 unspecified atom stereocenters. The minimum absolute atomic E-state index is 0.164. The van der Waals surface area contributed by atoms with Crippen LogP contribution < -0.4 is 5.56 Å². The van der Waals surface area contributed by atoms with E-state index in [1.165, 1.54) is 16.7 Å². The highest BCUT2D eigenvalue weighted by Crippen LogP contribution is 2.15. The second kappa shape index (κ2) is 7.81. The van der Waals surface area contributed by atoms with Crippen molar-refractivity contribution in [1.82, 2.24) is 14.5 Å². The van der Waals surface area contributed by atoms with E-state index in [1.807, 2.05) is 0 Å². The molecule has 0 aliphatic carbocycles. The number of carboxylic acid groups (broad SMARTS) is 1. The molecule has 0 spiro atoms. The van der Waals surface area contributed by atoms with Crippen molar-refractivity contribution in [3.8, 4) is 11.9 Å². The summed E-state index contributed by atoms with van der Waals surface area (Å²) in [5.74, 6) is -0.718. The van der Waals surface area contributed by atoms with Gasteiger partial charge in [-0.1, -0.05) is 36.4 Å². The SMILES string of the molecule is N#Cc1ccc(/C=C/c2nc3ccccc3c(=O)n2-c2cccc(C(=O)O)n2)cc1. The van der Waals surface area contributed by atoms with E-state index in [0.717, 1.165) is 5.56 Å². The van der Waals surface area contributed by atoms with Gasteiger partial charge in [0.15, 0.2) is 5.69 Å². The molecule has 0 amide bonds. The van der Waals surface area contributed by atoms with Gasteiger partial charge >= 0.3 is 5.97 Å². The lowest BCUT2D eigenvalue weighted by atomic mass is 10.1. The van der Waals surface area contributed by atoms with Crippen LogP contribution >= 0.6 is 0 Å². The first-order valence-electron chi connectivity index (χ1n) is 8.97. The summed E-state index contributed by atoms with van der Waals surface area (Å²) in [6, 6.07) is 20.4. The predicted molar refractivity (Wildman–Crippen MR) is 112 cm³/mol. The molecule has 0 aliphatic rings. The first kappa shape index (κ1) is 18.8. The number of carbonyl (C=O) groups is 1. The fraction of sp³-hybridized carbons (Fsp3) is 0. The summed E-state index contributed by atoms with van der Waals surface area (Å²) < 4.78 is 1.29. The van der Waals surface area contributed by atoms with Gasteiger partial charge in [0.25, 0.3) is 5.56 Å². The van der Waals surface area contributed by atoms with E-state index in [4.69, 9.17) is 5.26 Å². The van der Waals surface area contributed by atoms with E-state index in [1.54, 1.807) is 66.7 Å². The van der Waals surface area contributed by atoms with Crippen LogP contribution in [0.2, 0.25) is 0 Å². The van der Waals surface area contributed by atoms with Crippen molar-refractivity contribution in [2.24, 2.45) is 0 Å². The van der Waals surface area contributed by atoms with Crippen molar-refractivity contribution in [3.63, 3.8) is 0 Å². The van der Waals surface area contributed by atoms with E-state index in [9.17, 15) is 14.7 Å². The number of hydrogen-bond donors (Lipinski definition) is 1. The summed E-state index contributed by atoms with van der Waals surface area (Å²) in [5.41, 5.74) is 1.36. The summed E-state index contributed by atoms with van der Waals surface area (Å²) in [4.78, 5) is 33.2. The van der Waals surface area contributed by atoms with Gasteiger partial charge in [0.05, 0.1) is 22.5 Å². The van der Waals surface area contributed by atoms with Crippen molar-refractivity contribution >= 4 is 29.0 Å². The Labute approximate surface area is 170 Å². The fourth-order valence-corrected chi connectivity index (χ4v) is 2.99. The molecule has 0 aliphatic heterocycles. The highest BCUT2D eigenvalue weighted by Gasteiger charge is 2.14. The number of para-hydroxylation sites is 1. The summed E-state index contributed by atoms with van der Waals surface area (Å²) >= 11 is 0. The fourth-order valence-electron chi connectivity index (χ4n) is 2.99. The number of rotatable bonds is 4. The molecule has 0 saturated carbocycles. The van der Waals surface area contributed by atoms with Crippen LogP contribution in [0, 0.1) is 11.3 Å². The molecule has 30 heavy (non-hydrogen) atoms. The van der Waals surface area contributed by atoms with Crippen LogP contribution in [0.5, 0.6) is 0 Å². The van der Waals surface area contributed by atoms with Crippen LogP contribution in [-0.4, -0.2) is 25.6 Å². The Morgan fingerprint density at radius 1 is 0.967 bits per heavy atom. The molecule has 144 valence electrons. The van der Waals surface area contributed by atoms with Crippen molar-refractivity contribution in [2.75, 3.05) is 0 Å². The highest BCUT2D eigenvalue weighted by molar-refractivity contribution is 5.85. The Bertz CT molecular complexity index is 1400. The third-order valence-corrected chi connectivity index (χ3v) is 4.45. The van der Waals surface area contributed by atoms with Gasteiger partial charge in [-0.25, -0.2) is 19.3 Å². The normalized spacial score (nSPS) is 10.9. The van der Waals surface area contributed by atoms with Crippen LogP contribution in [0.25, 0.3) is 28.9 Å². The van der Waals surface area contributed by atoms with E-state index in [0.29, 0.717) is 22.3 Å². The van der Waals surface area contributed by atoms with Gasteiger partial charge in [-0.15, -0.1) is 0 Å². The molecule has 7 heteroatoms. The number of benzene rings is 2. The highest BCUT2D eigenvalue weighted by atomic mass is 16.4. The van der Waals surface area contributed by atoms with Crippen LogP contribution in [0.4, 0.5) is 0 Å². The van der Waals surface area contributed by atoms with Crippen molar-refractivity contribution in [3.05, 3.63) is 99.7 Å². The number of nitrogens with zero attached hydrogens (tertiary/aromatic N) is 4. The molecular formula is C23H14N4O3. The van der Waals surface area contributed by atoms with Crippen molar-refractivity contribution < 1.29 is 9.90 Å². The Morgan fingerprint density at radius 3 is 2.47 bits per heavy atom. The Hall–Kier alpha value is -4.57. The minimum Gasteiger partial charge on any atom is -0.477 e. The molecule has 0 radical (unpaired) electrons. The van der Waals surface area contributed by atoms with Crippen LogP contribution in [0.1, 0.15) is 27.4 Å². The van der Waals surface area contributed by atoms with Gasteiger partial charge in [-0.2, -0.15) is 5.26 Å². The average Bonchev–Trinajstić information content (AvgIpc) is 2.78. The van der Waals surface area contributed by atoms with Gasteiger partial charge in [0.1, 0.15) is 11.6 Å². The quantitative estimate of drug-likeness (QED) is 0.567. The number of nitriles is 1. The monoisotopic (exact) mass is 394 g/mol. The Morgan fingerprint density at radius 2 is 1.73 bits per heavy atom. The lowest BCUT2D eigenvalue weighted by molar-refractivity contribution is 0.0690. The topological polar surface area (TPSA) is 109 Å². The molecule has 2 aromatic carbocycles. The number of hydrogen-bond acceptors (Lipinski definition) is 5. The summed E-state index contributed by atoms with van der Waals surface area (Å²) in [5, 5.41) is 18.6. The van der Waals surface area contributed by atoms with Crippen molar-refractivity contribution in [2.45, 2.75) is 0 Å². The molecule has 4 aromatic rings. The lowest BCUT2D eigenvalue weighted by Gasteiger charge is -2.11. The molecule has 0 fully saturated rings. The zero-order chi connectivity index (χ0) is 21.1. The molecule has 4 rings (SSSR count). The predicted octanol–water partition coefficient (Wildman–Crippen LogP) is 3.52. The molecule has 0 bridgehead atoms. The molecule has 0 atom stereocenters. The molecule has 1 N–H and O–H groups in total. The molecular weight excluding hydrogens is 380 g/mol. The maximum Gasteiger partial charge on any atom is 0.354 e. The first-order valence-corrected chi connectivity index (χ1v) is 8.97. The third-order valence-electron chi connectivity index (χ3n) is 4.45. The smallest absolute Gasteiger partial charge is 0.354 e. The molecule has 0 saturated heterocycles. The number of pyridine rings is 1. The van der Waals surface area contributed by atoms with Gasteiger partial charge < -0.3 is 5.11 Å². The number of aromatic nitrogens is 3. The zero-order valence-corrected chi connectivity index (χ0v) is 15.6. The molecule has 2 heterocycles. The van der Waals surface area contributed by atoms with Gasteiger partial charge in [0.2, 0.25) is 0 Å². The van der Waals surface area contributed by atoms with E-state index in [2.05, 4.69) is 16.0 Å². The number of aromatic carboxylic acids is 1. The van der Waals surface area contributed by atoms with Gasteiger partial charge in [-0.05, 0) is 48.0 Å². The van der Waals surface area contributed by atoms with Crippen LogP contribution in [0.15, 0.2) is 71.5 Å². The van der Waals surface area contributed by atoms with Gasteiger partial charge in [0, 0.05) is 0 Å². The van der Waals surface area contributed by atoms with Gasteiger partial charge in [-0.3, -0.25) is 4.79 Å². The van der Waals surface area contributed by atoms with Crippen LogP contribution in [0.3, 0.4) is 0 Å². The van der Waals surface area contributed by atoms with Crippen LogP contribution in [-0.2, 0) is 0 Å². The van der Waals surface area contributed by atoms with E-state index < -0.39 is 5.97 Å². The van der Waals surface area contributed by atoms with Crippen molar-refractivity contribution in [1.29, 1.82) is 5.26 Å². The summed E-state index contributed by atoms with van der Waals surface area (Å²) in [6.45, 7) is 0. The van der Waals surface area contributed by atoms with E-state index in [-0.39, 0.29) is 17.1 Å². The number of fused-ring (bicyclic) bond motifs is 1. The number of carboxylic acids is 1. The third kappa shape index (κ3) is 3.57. The maximum atomic E-state index is 13.2. The minimum atomic E-state index is -1.19. The second-order valence-corrected chi connectivity index (χ2v) is 6.38. The lowest BCUT2D eigenvalue weighted by Crippen LogP contribution is -2.23. The molecule has 7 nitrogen and oxygen atoms in total. The molecule has 2 aromatic heterocycles. The van der Waals surface area contributed by atoms with E-state index >= 15 is 0 Å². The standard InChI is InChI=1S/C23H14N4O3/c24-14-16-10-8-15(9-11-16)12-13-21-25-18-5-2-1-4-17(18)22(28)27(21)20-7-3-6-19(26-20)23(29)30/h1-13H,(H,29,30)/b13-12+. The Kier molecular flexibility index (Phi) is 4.89.